The van der Waals surface area contributed by atoms with E-state index in [2.05, 4.69) is 37.4 Å². The van der Waals surface area contributed by atoms with Crippen molar-refractivity contribution in [3.63, 3.8) is 0 Å². The SMILES string of the molecule is CC(C)Oc1cccc(CNC2CCCCC2)c1. The average Bonchev–Trinajstić information content (AvgIpc) is 2.37. The van der Waals surface area contributed by atoms with Crippen molar-refractivity contribution in [2.45, 2.75) is 64.6 Å². The molecule has 0 aliphatic heterocycles. The summed E-state index contributed by atoms with van der Waals surface area (Å²) in [7, 11) is 0. The van der Waals surface area contributed by atoms with Gasteiger partial charge in [-0.15, -0.1) is 0 Å². The first-order valence-corrected chi connectivity index (χ1v) is 7.23. The molecule has 1 aromatic carbocycles. The van der Waals surface area contributed by atoms with Crippen molar-refractivity contribution in [1.29, 1.82) is 0 Å². The standard InChI is InChI=1S/C16H25NO/c1-13(2)18-16-10-6-7-14(11-16)12-17-15-8-4-3-5-9-15/h6-7,10-11,13,15,17H,3-5,8-9,12H2,1-2H3. The van der Waals surface area contributed by atoms with Gasteiger partial charge in [-0.1, -0.05) is 31.4 Å². The molecule has 2 heteroatoms. The normalized spacial score (nSPS) is 17.1. The predicted molar refractivity (Wildman–Crippen MR) is 75.9 cm³/mol. The third-order valence-corrected chi connectivity index (χ3v) is 3.47. The Morgan fingerprint density at radius 1 is 1.22 bits per heavy atom. The maximum absolute atomic E-state index is 5.72. The van der Waals surface area contributed by atoms with Crippen LogP contribution in [0.4, 0.5) is 0 Å². The molecule has 0 atom stereocenters. The molecule has 0 amide bonds. The Labute approximate surface area is 111 Å². The Kier molecular flexibility index (Phi) is 5.06. The lowest BCUT2D eigenvalue weighted by Gasteiger charge is -2.23. The zero-order valence-electron chi connectivity index (χ0n) is 11.6. The molecule has 0 saturated heterocycles. The van der Waals surface area contributed by atoms with Crippen LogP contribution in [-0.2, 0) is 6.54 Å². The summed E-state index contributed by atoms with van der Waals surface area (Å²) in [5, 5.41) is 3.66. The number of rotatable bonds is 5. The lowest BCUT2D eigenvalue weighted by Crippen LogP contribution is -2.30. The van der Waals surface area contributed by atoms with Gasteiger partial charge in [0.1, 0.15) is 5.75 Å². The third-order valence-electron chi connectivity index (χ3n) is 3.47. The molecule has 1 N–H and O–H groups in total. The van der Waals surface area contributed by atoms with Crippen molar-refractivity contribution in [1.82, 2.24) is 5.32 Å². The second kappa shape index (κ2) is 6.79. The van der Waals surface area contributed by atoms with Gasteiger partial charge in [0, 0.05) is 12.6 Å². The van der Waals surface area contributed by atoms with Crippen LogP contribution in [0, 0.1) is 0 Å². The van der Waals surface area contributed by atoms with Gasteiger partial charge in [0.25, 0.3) is 0 Å². The second-order valence-corrected chi connectivity index (χ2v) is 5.53. The fraction of sp³-hybridized carbons (Fsp3) is 0.625. The quantitative estimate of drug-likeness (QED) is 0.852. The topological polar surface area (TPSA) is 21.3 Å². The molecular formula is C16H25NO. The van der Waals surface area contributed by atoms with E-state index >= 15 is 0 Å². The Bertz CT molecular complexity index is 356. The molecule has 0 radical (unpaired) electrons. The minimum absolute atomic E-state index is 0.242. The summed E-state index contributed by atoms with van der Waals surface area (Å²) >= 11 is 0. The van der Waals surface area contributed by atoms with Crippen molar-refractivity contribution in [2.75, 3.05) is 0 Å². The number of nitrogens with one attached hydrogen (secondary N) is 1. The highest BCUT2D eigenvalue weighted by Gasteiger charge is 2.12. The predicted octanol–water partition coefficient (Wildman–Crippen LogP) is 3.90. The van der Waals surface area contributed by atoms with Crippen LogP contribution in [0.3, 0.4) is 0 Å². The van der Waals surface area contributed by atoms with Gasteiger partial charge in [-0.3, -0.25) is 0 Å². The van der Waals surface area contributed by atoms with Gasteiger partial charge in [0.15, 0.2) is 0 Å². The van der Waals surface area contributed by atoms with Crippen LogP contribution in [0.2, 0.25) is 0 Å². The van der Waals surface area contributed by atoms with Crippen LogP contribution >= 0.6 is 0 Å². The van der Waals surface area contributed by atoms with Gasteiger partial charge in [-0.25, -0.2) is 0 Å². The summed E-state index contributed by atoms with van der Waals surface area (Å²) in [6.07, 6.45) is 7.09. The molecule has 18 heavy (non-hydrogen) atoms. The molecule has 0 aromatic heterocycles. The summed E-state index contributed by atoms with van der Waals surface area (Å²) in [6, 6.07) is 9.15. The molecular weight excluding hydrogens is 222 g/mol. The zero-order valence-corrected chi connectivity index (χ0v) is 11.6. The van der Waals surface area contributed by atoms with Gasteiger partial charge in [0.2, 0.25) is 0 Å². The average molecular weight is 247 g/mol. The second-order valence-electron chi connectivity index (χ2n) is 5.53. The minimum atomic E-state index is 0.242. The van der Waals surface area contributed by atoms with E-state index in [1.165, 1.54) is 37.7 Å². The van der Waals surface area contributed by atoms with E-state index in [9.17, 15) is 0 Å². The lowest BCUT2D eigenvalue weighted by molar-refractivity contribution is 0.242. The zero-order chi connectivity index (χ0) is 12.8. The van der Waals surface area contributed by atoms with Crippen molar-refractivity contribution in [3.05, 3.63) is 29.8 Å². The van der Waals surface area contributed by atoms with Gasteiger partial charge < -0.3 is 10.1 Å². The molecule has 1 aliphatic carbocycles. The first kappa shape index (κ1) is 13.4. The van der Waals surface area contributed by atoms with E-state index in [4.69, 9.17) is 4.74 Å². The third kappa shape index (κ3) is 4.34. The number of ether oxygens (including phenoxy) is 1. The monoisotopic (exact) mass is 247 g/mol. The minimum Gasteiger partial charge on any atom is -0.491 e. The Morgan fingerprint density at radius 3 is 2.72 bits per heavy atom. The highest BCUT2D eigenvalue weighted by Crippen LogP contribution is 2.19. The molecule has 0 spiro atoms. The molecule has 100 valence electrons. The Balaban J connectivity index is 1.84. The molecule has 1 aromatic rings. The van der Waals surface area contributed by atoms with Crippen molar-refractivity contribution < 1.29 is 4.74 Å². The van der Waals surface area contributed by atoms with Crippen LogP contribution < -0.4 is 10.1 Å². The smallest absolute Gasteiger partial charge is 0.120 e. The highest BCUT2D eigenvalue weighted by molar-refractivity contribution is 5.28. The molecule has 2 rings (SSSR count). The van der Waals surface area contributed by atoms with Crippen LogP contribution in [-0.4, -0.2) is 12.1 Å². The van der Waals surface area contributed by atoms with Crippen molar-refractivity contribution >= 4 is 0 Å². The largest absolute Gasteiger partial charge is 0.491 e. The Hall–Kier alpha value is -1.02. The summed E-state index contributed by atoms with van der Waals surface area (Å²) in [5.41, 5.74) is 1.32. The summed E-state index contributed by atoms with van der Waals surface area (Å²) < 4.78 is 5.72. The fourth-order valence-corrected chi connectivity index (χ4v) is 2.57. The van der Waals surface area contributed by atoms with E-state index in [0.717, 1.165) is 12.3 Å². The molecule has 0 heterocycles. The highest BCUT2D eigenvalue weighted by atomic mass is 16.5. The molecule has 1 fully saturated rings. The van der Waals surface area contributed by atoms with Gasteiger partial charge in [-0.05, 0) is 44.4 Å². The van der Waals surface area contributed by atoms with E-state index in [-0.39, 0.29) is 6.10 Å². The van der Waals surface area contributed by atoms with Gasteiger partial charge in [-0.2, -0.15) is 0 Å². The van der Waals surface area contributed by atoms with Crippen molar-refractivity contribution in [3.8, 4) is 5.75 Å². The van der Waals surface area contributed by atoms with Crippen LogP contribution in [0.15, 0.2) is 24.3 Å². The molecule has 0 unspecified atom stereocenters. The number of hydrogen-bond donors (Lipinski definition) is 1. The molecule has 0 bridgehead atoms. The van der Waals surface area contributed by atoms with Crippen molar-refractivity contribution in [2.24, 2.45) is 0 Å². The van der Waals surface area contributed by atoms with Gasteiger partial charge >= 0.3 is 0 Å². The van der Waals surface area contributed by atoms with Gasteiger partial charge in [0.05, 0.1) is 6.10 Å². The maximum Gasteiger partial charge on any atom is 0.120 e. The lowest BCUT2D eigenvalue weighted by atomic mass is 9.95. The van der Waals surface area contributed by atoms with Crippen LogP contribution in [0.1, 0.15) is 51.5 Å². The summed E-state index contributed by atoms with van der Waals surface area (Å²) in [6.45, 7) is 5.08. The fourth-order valence-electron chi connectivity index (χ4n) is 2.57. The number of benzene rings is 1. The summed E-state index contributed by atoms with van der Waals surface area (Å²) in [5.74, 6) is 0.980. The molecule has 2 nitrogen and oxygen atoms in total. The molecule has 1 saturated carbocycles. The van der Waals surface area contributed by atoms with E-state index in [0.29, 0.717) is 6.04 Å². The maximum atomic E-state index is 5.72. The number of hydrogen-bond acceptors (Lipinski definition) is 2. The Morgan fingerprint density at radius 2 is 2.00 bits per heavy atom. The molecule has 1 aliphatic rings. The van der Waals surface area contributed by atoms with Crippen LogP contribution in [0.25, 0.3) is 0 Å². The first-order chi connectivity index (χ1) is 8.74. The van der Waals surface area contributed by atoms with Crippen LogP contribution in [0.5, 0.6) is 5.75 Å². The van der Waals surface area contributed by atoms with E-state index in [1.54, 1.807) is 0 Å². The van der Waals surface area contributed by atoms with E-state index in [1.807, 2.05) is 6.07 Å². The first-order valence-electron chi connectivity index (χ1n) is 7.23. The van der Waals surface area contributed by atoms with E-state index < -0.39 is 0 Å². The summed E-state index contributed by atoms with van der Waals surface area (Å²) in [4.78, 5) is 0.